The zero-order valence-corrected chi connectivity index (χ0v) is 14.1. The number of ether oxygens (including phenoxy) is 1. The van der Waals surface area contributed by atoms with Crippen molar-refractivity contribution in [2.75, 3.05) is 26.3 Å². The average molecular weight is 282 g/mol. The van der Waals surface area contributed by atoms with Gasteiger partial charge in [0.25, 0.3) is 0 Å². The van der Waals surface area contributed by atoms with E-state index in [-0.39, 0.29) is 0 Å². The summed E-state index contributed by atoms with van der Waals surface area (Å²) in [6.45, 7) is 16.1. The molecule has 0 radical (unpaired) electrons. The molecule has 0 aromatic carbocycles. The Morgan fingerprint density at radius 1 is 1.20 bits per heavy atom. The Hall–Kier alpha value is -0.120. The minimum absolute atomic E-state index is 0.654. The summed E-state index contributed by atoms with van der Waals surface area (Å²) >= 11 is 0. The van der Waals surface area contributed by atoms with Gasteiger partial charge in [-0.25, -0.2) is 0 Å². The summed E-state index contributed by atoms with van der Waals surface area (Å²) in [5.74, 6) is 2.22. The number of hydrogen-bond donors (Lipinski definition) is 1. The van der Waals surface area contributed by atoms with Gasteiger partial charge in [-0.05, 0) is 37.5 Å². The second-order valence-corrected chi connectivity index (χ2v) is 7.61. The molecule has 2 rings (SSSR count). The summed E-state index contributed by atoms with van der Waals surface area (Å²) in [7, 11) is 0. The Morgan fingerprint density at radius 3 is 2.50 bits per heavy atom. The highest BCUT2D eigenvalue weighted by molar-refractivity contribution is 4.92. The molecular formula is C17H34N2O. The Bertz CT molecular complexity index is 287. The van der Waals surface area contributed by atoms with Crippen molar-refractivity contribution in [1.82, 2.24) is 10.2 Å². The molecule has 4 atom stereocenters. The van der Waals surface area contributed by atoms with Crippen LogP contribution in [0.1, 0.15) is 47.5 Å². The first-order valence-electron chi connectivity index (χ1n) is 8.56. The lowest BCUT2D eigenvalue weighted by Gasteiger charge is -2.47. The molecule has 2 fully saturated rings. The van der Waals surface area contributed by atoms with E-state index in [0.717, 1.165) is 31.6 Å². The smallest absolute Gasteiger partial charge is 0.0509 e. The van der Waals surface area contributed by atoms with Crippen LogP contribution >= 0.6 is 0 Å². The van der Waals surface area contributed by atoms with Crippen LogP contribution in [0.25, 0.3) is 0 Å². The summed E-state index contributed by atoms with van der Waals surface area (Å²) < 4.78 is 5.61. The minimum atomic E-state index is 0.654. The van der Waals surface area contributed by atoms with E-state index in [9.17, 15) is 0 Å². The van der Waals surface area contributed by atoms with E-state index in [0.29, 0.717) is 24.0 Å². The van der Waals surface area contributed by atoms with Crippen LogP contribution in [0.4, 0.5) is 0 Å². The second-order valence-electron chi connectivity index (χ2n) is 7.61. The first-order valence-corrected chi connectivity index (χ1v) is 8.56. The van der Waals surface area contributed by atoms with Gasteiger partial charge < -0.3 is 10.1 Å². The number of rotatable bonds is 5. The van der Waals surface area contributed by atoms with Gasteiger partial charge >= 0.3 is 0 Å². The summed E-state index contributed by atoms with van der Waals surface area (Å²) in [4.78, 5) is 2.79. The SMILES string of the molecule is CC(C)CC1CN(C(C)C2CCOC2)C(C(C)C)CN1. The fourth-order valence-corrected chi connectivity index (χ4v) is 3.88. The molecule has 3 nitrogen and oxygen atoms in total. The molecular weight excluding hydrogens is 248 g/mol. The van der Waals surface area contributed by atoms with Crippen molar-refractivity contribution in [3.05, 3.63) is 0 Å². The highest BCUT2D eigenvalue weighted by Gasteiger charge is 2.36. The Labute approximate surface area is 125 Å². The lowest BCUT2D eigenvalue weighted by atomic mass is 9.90. The van der Waals surface area contributed by atoms with Crippen LogP contribution < -0.4 is 5.32 Å². The topological polar surface area (TPSA) is 24.5 Å². The highest BCUT2D eigenvalue weighted by Crippen LogP contribution is 2.27. The Kier molecular flexibility index (Phi) is 5.88. The van der Waals surface area contributed by atoms with Crippen molar-refractivity contribution >= 4 is 0 Å². The van der Waals surface area contributed by atoms with Gasteiger partial charge in [0.1, 0.15) is 0 Å². The fourth-order valence-electron chi connectivity index (χ4n) is 3.88. The standard InChI is InChI=1S/C17H34N2O/c1-12(2)8-16-10-19(17(9-18-16)13(3)4)14(5)15-6-7-20-11-15/h12-18H,6-11H2,1-5H3. The van der Waals surface area contributed by atoms with Crippen LogP contribution in [0.5, 0.6) is 0 Å². The van der Waals surface area contributed by atoms with Crippen LogP contribution in [0.2, 0.25) is 0 Å². The number of hydrogen-bond acceptors (Lipinski definition) is 3. The molecule has 2 aliphatic rings. The van der Waals surface area contributed by atoms with Gasteiger partial charge in [-0.2, -0.15) is 0 Å². The van der Waals surface area contributed by atoms with E-state index in [1.807, 2.05) is 0 Å². The first kappa shape index (κ1) is 16.3. The Balaban J connectivity index is 2.01. The molecule has 4 unspecified atom stereocenters. The number of nitrogens with one attached hydrogen (secondary N) is 1. The predicted octanol–water partition coefficient (Wildman–Crippen LogP) is 2.76. The maximum atomic E-state index is 5.61. The van der Waals surface area contributed by atoms with Crippen LogP contribution in [0, 0.1) is 17.8 Å². The molecule has 0 aromatic rings. The van der Waals surface area contributed by atoms with E-state index >= 15 is 0 Å². The molecule has 0 aromatic heterocycles. The maximum Gasteiger partial charge on any atom is 0.0509 e. The van der Waals surface area contributed by atoms with Crippen molar-refractivity contribution in [1.29, 1.82) is 0 Å². The molecule has 2 heterocycles. The Morgan fingerprint density at radius 2 is 1.95 bits per heavy atom. The van der Waals surface area contributed by atoms with Gasteiger partial charge in [0, 0.05) is 37.8 Å². The molecule has 3 heteroatoms. The van der Waals surface area contributed by atoms with Gasteiger partial charge in [-0.15, -0.1) is 0 Å². The van der Waals surface area contributed by atoms with E-state index < -0.39 is 0 Å². The molecule has 118 valence electrons. The molecule has 2 aliphatic heterocycles. The van der Waals surface area contributed by atoms with Gasteiger partial charge in [-0.1, -0.05) is 27.7 Å². The summed E-state index contributed by atoms with van der Waals surface area (Å²) in [5, 5.41) is 3.78. The zero-order valence-electron chi connectivity index (χ0n) is 14.1. The molecule has 0 saturated carbocycles. The van der Waals surface area contributed by atoms with Crippen LogP contribution in [0.15, 0.2) is 0 Å². The molecule has 0 amide bonds. The molecule has 2 saturated heterocycles. The van der Waals surface area contributed by atoms with Crippen molar-refractivity contribution in [3.63, 3.8) is 0 Å². The van der Waals surface area contributed by atoms with Crippen LogP contribution in [-0.4, -0.2) is 49.3 Å². The van der Waals surface area contributed by atoms with E-state index in [1.165, 1.54) is 19.4 Å². The summed E-state index contributed by atoms with van der Waals surface area (Å²) in [6.07, 6.45) is 2.53. The largest absolute Gasteiger partial charge is 0.381 e. The lowest BCUT2D eigenvalue weighted by molar-refractivity contribution is 0.0303. The monoisotopic (exact) mass is 282 g/mol. The lowest BCUT2D eigenvalue weighted by Crippen LogP contribution is -2.62. The molecule has 20 heavy (non-hydrogen) atoms. The first-order chi connectivity index (χ1) is 9.49. The van der Waals surface area contributed by atoms with Crippen molar-refractivity contribution in [3.8, 4) is 0 Å². The average Bonchev–Trinajstić information content (AvgIpc) is 2.90. The molecule has 1 N–H and O–H groups in total. The minimum Gasteiger partial charge on any atom is -0.381 e. The predicted molar refractivity (Wildman–Crippen MR) is 85.0 cm³/mol. The fraction of sp³-hybridized carbons (Fsp3) is 1.00. The van der Waals surface area contributed by atoms with Gasteiger partial charge in [0.2, 0.25) is 0 Å². The third kappa shape index (κ3) is 3.96. The highest BCUT2D eigenvalue weighted by atomic mass is 16.5. The van der Waals surface area contributed by atoms with Crippen molar-refractivity contribution < 1.29 is 4.74 Å². The van der Waals surface area contributed by atoms with Crippen molar-refractivity contribution in [2.45, 2.75) is 65.6 Å². The van der Waals surface area contributed by atoms with Gasteiger partial charge in [-0.3, -0.25) is 4.90 Å². The quantitative estimate of drug-likeness (QED) is 0.839. The number of nitrogens with zero attached hydrogens (tertiary/aromatic N) is 1. The summed E-state index contributed by atoms with van der Waals surface area (Å²) in [5.41, 5.74) is 0. The van der Waals surface area contributed by atoms with Crippen molar-refractivity contribution in [2.24, 2.45) is 17.8 Å². The van der Waals surface area contributed by atoms with Gasteiger partial charge in [0.15, 0.2) is 0 Å². The second kappa shape index (κ2) is 7.24. The summed E-state index contributed by atoms with van der Waals surface area (Å²) in [6, 6.07) is 1.99. The molecule has 0 aliphatic carbocycles. The normalized spacial score (nSPS) is 34.0. The third-order valence-corrected chi connectivity index (χ3v) is 5.17. The van der Waals surface area contributed by atoms with Crippen LogP contribution in [-0.2, 0) is 4.74 Å². The van der Waals surface area contributed by atoms with E-state index in [4.69, 9.17) is 4.74 Å². The van der Waals surface area contributed by atoms with E-state index in [1.54, 1.807) is 0 Å². The van der Waals surface area contributed by atoms with Crippen LogP contribution in [0.3, 0.4) is 0 Å². The van der Waals surface area contributed by atoms with E-state index in [2.05, 4.69) is 44.8 Å². The number of piperazine rings is 1. The van der Waals surface area contributed by atoms with Gasteiger partial charge in [0.05, 0.1) is 6.61 Å². The zero-order chi connectivity index (χ0) is 14.7. The molecule has 0 spiro atoms. The molecule has 0 bridgehead atoms. The maximum absolute atomic E-state index is 5.61. The third-order valence-electron chi connectivity index (χ3n) is 5.17.